The van der Waals surface area contributed by atoms with E-state index in [9.17, 15) is 15.0 Å². The molecule has 25 heavy (non-hydrogen) atoms. The summed E-state index contributed by atoms with van der Waals surface area (Å²) in [5, 5.41) is 20.3. The number of nitrogens with zero attached hydrogens (tertiary/aromatic N) is 2. The maximum atomic E-state index is 11.4. The zero-order valence-corrected chi connectivity index (χ0v) is 15.0. The summed E-state index contributed by atoms with van der Waals surface area (Å²) in [6, 6.07) is 7.84. The van der Waals surface area contributed by atoms with Gasteiger partial charge in [-0.3, -0.25) is 0 Å². The quantitative estimate of drug-likeness (QED) is 0.825. The van der Waals surface area contributed by atoms with Crippen molar-refractivity contribution in [3.8, 4) is 5.75 Å². The van der Waals surface area contributed by atoms with Crippen LogP contribution in [0.1, 0.15) is 31.2 Å². The van der Waals surface area contributed by atoms with Gasteiger partial charge in [-0.15, -0.1) is 0 Å². The number of likely N-dealkylation sites (N-methyl/N-ethyl adjacent to an activating group) is 1. The molecule has 0 radical (unpaired) electrons. The van der Waals surface area contributed by atoms with E-state index in [4.69, 9.17) is 4.74 Å². The van der Waals surface area contributed by atoms with Crippen molar-refractivity contribution in [3.63, 3.8) is 0 Å². The minimum absolute atomic E-state index is 0.0436. The SMILES string of the molecule is Cc1ccccc1OCCN(C)CC1(O)C[C@H]2CC[C@@H](C1)N2C(=O)O. The number of benzene rings is 1. The summed E-state index contributed by atoms with van der Waals surface area (Å²) in [5.74, 6) is 0.891. The molecule has 0 saturated carbocycles. The third-order valence-corrected chi connectivity index (χ3v) is 5.46. The minimum Gasteiger partial charge on any atom is -0.492 e. The number of hydrogen-bond donors (Lipinski definition) is 2. The fourth-order valence-electron chi connectivity index (χ4n) is 4.38. The van der Waals surface area contributed by atoms with Crippen molar-refractivity contribution in [1.29, 1.82) is 0 Å². The molecule has 0 spiro atoms. The van der Waals surface area contributed by atoms with Crippen LogP contribution in [0.25, 0.3) is 0 Å². The topological polar surface area (TPSA) is 73.2 Å². The maximum absolute atomic E-state index is 11.4. The first-order chi connectivity index (χ1) is 11.9. The molecule has 0 aromatic heterocycles. The lowest BCUT2D eigenvalue weighted by Gasteiger charge is -2.44. The first-order valence-corrected chi connectivity index (χ1v) is 8.98. The normalized spacial score (nSPS) is 28.4. The molecule has 6 nitrogen and oxygen atoms in total. The van der Waals surface area contributed by atoms with Gasteiger partial charge in [0.15, 0.2) is 0 Å². The number of carboxylic acid groups (broad SMARTS) is 1. The molecule has 1 aromatic carbocycles. The van der Waals surface area contributed by atoms with Crippen LogP contribution >= 0.6 is 0 Å². The van der Waals surface area contributed by atoms with Crippen LogP contribution in [0.5, 0.6) is 5.75 Å². The number of hydrogen-bond acceptors (Lipinski definition) is 4. The lowest BCUT2D eigenvalue weighted by atomic mass is 9.86. The van der Waals surface area contributed by atoms with Gasteiger partial charge in [-0.2, -0.15) is 0 Å². The van der Waals surface area contributed by atoms with Gasteiger partial charge in [-0.1, -0.05) is 18.2 Å². The smallest absolute Gasteiger partial charge is 0.407 e. The van der Waals surface area contributed by atoms with Crippen LogP contribution in [-0.4, -0.2) is 70.5 Å². The number of amides is 1. The number of carbonyl (C=O) groups is 1. The van der Waals surface area contributed by atoms with Crippen LogP contribution < -0.4 is 4.74 Å². The van der Waals surface area contributed by atoms with Crippen LogP contribution in [0, 0.1) is 6.92 Å². The van der Waals surface area contributed by atoms with Crippen molar-refractivity contribution in [2.75, 3.05) is 26.7 Å². The Balaban J connectivity index is 1.49. The molecule has 1 unspecified atom stereocenters. The molecule has 2 fully saturated rings. The van der Waals surface area contributed by atoms with E-state index in [0.29, 0.717) is 32.5 Å². The van der Waals surface area contributed by atoms with Crippen LogP contribution in [0.2, 0.25) is 0 Å². The number of aliphatic hydroxyl groups is 1. The fraction of sp³-hybridized carbons (Fsp3) is 0.632. The van der Waals surface area contributed by atoms with Crippen LogP contribution in [-0.2, 0) is 0 Å². The highest BCUT2D eigenvalue weighted by atomic mass is 16.5. The largest absolute Gasteiger partial charge is 0.492 e. The molecule has 1 amide bonds. The minimum atomic E-state index is -0.852. The van der Waals surface area contributed by atoms with Crippen molar-refractivity contribution in [3.05, 3.63) is 29.8 Å². The second kappa shape index (κ2) is 7.22. The van der Waals surface area contributed by atoms with Gasteiger partial charge >= 0.3 is 6.09 Å². The molecular weight excluding hydrogens is 320 g/mol. The molecule has 2 saturated heterocycles. The molecule has 2 aliphatic rings. The number of piperidine rings is 1. The summed E-state index contributed by atoms with van der Waals surface area (Å²) in [7, 11) is 1.98. The Kier molecular flexibility index (Phi) is 5.20. The predicted molar refractivity (Wildman–Crippen MR) is 95.0 cm³/mol. The first-order valence-electron chi connectivity index (χ1n) is 8.98. The third kappa shape index (κ3) is 4.07. The van der Waals surface area contributed by atoms with E-state index in [1.165, 1.54) is 0 Å². The van der Waals surface area contributed by atoms with Crippen LogP contribution in [0.4, 0.5) is 4.79 Å². The molecule has 3 rings (SSSR count). The molecule has 2 aliphatic heterocycles. The summed E-state index contributed by atoms with van der Waals surface area (Å²) in [4.78, 5) is 15.0. The summed E-state index contributed by atoms with van der Waals surface area (Å²) in [6.07, 6.45) is 1.92. The van der Waals surface area contributed by atoms with Crippen molar-refractivity contribution < 1.29 is 19.7 Å². The van der Waals surface area contributed by atoms with Gasteiger partial charge in [0.05, 0.1) is 5.60 Å². The van der Waals surface area contributed by atoms with Gasteiger partial charge in [0.2, 0.25) is 0 Å². The Hall–Kier alpha value is -1.79. The molecule has 1 aromatic rings. The predicted octanol–water partition coefficient (Wildman–Crippen LogP) is 2.34. The summed E-state index contributed by atoms with van der Waals surface area (Å²) < 4.78 is 5.82. The van der Waals surface area contributed by atoms with Crippen molar-refractivity contribution in [2.45, 2.75) is 50.3 Å². The first kappa shape index (κ1) is 18.0. The lowest BCUT2D eigenvalue weighted by molar-refractivity contribution is -0.0614. The third-order valence-electron chi connectivity index (χ3n) is 5.46. The van der Waals surface area contributed by atoms with Gasteiger partial charge in [0, 0.05) is 25.2 Å². The van der Waals surface area contributed by atoms with E-state index < -0.39 is 11.7 Å². The van der Waals surface area contributed by atoms with Gasteiger partial charge in [0.1, 0.15) is 12.4 Å². The van der Waals surface area contributed by atoms with Crippen molar-refractivity contribution in [1.82, 2.24) is 9.80 Å². The number of ether oxygens (including phenoxy) is 1. The van der Waals surface area contributed by atoms with Gasteiger partial charge in [-0.25, -0.2) is 4.79 Å². The fourth-order valence-corrected chi connectivity index (χ4v) is 4.38. The summed E-state index contributed by atoms with van der Waals surface area (Å²) >= 11 is 0. The molecule has 6 heteroatoms. The average Bonchev–Trinajstić information content (AvgIpc) is 2.82. The summed E-state index contributed by atoms with van der Waals surface area (Å²) in [5.41, 5.74) is 0.302. The Morgan fingerprint density at radius 2 is 1.96 bits per heavy atom. The number of rotatable bonds is 6. The standard InChI is InChI=1S/C19H28N2O4/c1-14-5-3-4-6-17(14)25-10-9-20(2)13-19(24)11-15-7-8-16(12-19)21(15)18(22)23/h3-6,15-16,24H,7-13H2,1-2H3,(H,22,23)/t15-,16+,19?. The number of aryl methyl sites for hydroxylation is 1. The van der Waals surface area contributed by atoms with E-state index in [-0.39, 0.29) is 12.1 Å². The molecule has 2 heterocycles. The highest BCUT2D eigenvalue weighted by Crippen LogP contribution is 2.41. The zero-order valence-electron chi connectivity index (χ0n) is 15.0. The zero-order chi connectivity index (χ0) is 18.0. The molecule has 3 atom stereocenters. The van der Waals surface area contributed by atoms with Gasteiger partial charge in [0.25, 0.3) is 0 Å². The average molecular weight is 348 g/mol. The van der Waals surface area contributed by atoms with E-state index in [2.05, 4.69) is 4.90 Å². The van der Waals surface area contributed by atoms with Crippen LogP contribution in [0.3, 0.4) is 0 Å². The molecule has 2 bridgehead atoms. The Morgan fingerprint density at radius 1 is 1.32 bits per heavy atom. The Bertz CT molecular complexity index is 607. The second-order valence-electron chi connectivity index (χ2n) is 7.56. The molecule has 2 N–H and O–H groups in total. The van der Waals surface area contributed by atoms with Crippen molar-refractivity contribution >= 4 is 6.09 Å². The highest BCUT2D eigenvalue weighted by Gasteiger charge is 2.49. The molecule has 0 aliphatic carbocycles. The molecule has 138 valence electrons. The maximum Gasteiger partial charge on any atom is 0.407 e. The monoisotopic (exact) mass is 348 g/mol. The van der Waals surface area contributed by atoms with E-state index in [1.807, 2.05) is 38.2 Å². The van der Waals surface area contributed by atoms with E-state index in [1.54, 1.807) is 4.90 Å². The Labute approximate surface area is 149 Å². The summed E-state index contributed by atoms with van der Waals surface area (Å²) in [6.45, 7) is 3.85. The second-order valence-corrected chi connectivity index (χ2v) is 7.56. The van der Waals surface area contributed by atoms with Gasteiger partial charge < -0.3 is 24.7 Å². The number of fused-ring (bicyclic) bond motifs is 2. The highest BCUT2D eigenvalue weighted by molar-refractivity contribution is 5.66. The lowest BCUT2D eigenvalue weighted by Crippen LogP contribution is -2.56. The van der Waals surface area contributed by atoms with Crippen LogP contribution in [0.15, 0.2) is 24.3 Å². The van der Waals surface area contributed by atoms with Crippen molar-refractivity contribution in [2.24, 2.45) is 0 Å². The molecular formula is C19H28N2O4. The Morgan fingerprint density at radius 3 is 2.56 bits per heavy atom. The van der Waals surface area contributed by atoms with E-state index in [0.717, 1.165) is 24.2 Å². The number of para-hydroxylation sites is 1. The van der Waals surface area contributed by atoms with E-state index >= 15 is 0 Å². The van der Waals surface area contributed by atoms with Gasteiger partial charge in [-0.05, 0) is 51.3 Å².